The Morgan fingerprint density at radius 3 is 2.43 bits per heavy atom. The summed E-state index contributed by atoms with van der Waals surface area (Å²) >= 11 is 7.47. The molecule has 0 spiro atoms. The number of carbonyl (C=O) groups is 2. The highest BCUT2D eigenvalue weighted by Crippen LogP contribution is 2.22. The summed E-state index contributed by atoms with van der Waals surface area (Å²) in [6.45, 7) is 3.75. The number of ether oxygens (including phenoxy) is 2. The molecule has 4 rings (SSSR count). The molecule has 2 amide bonds. The van der Waals surface area contributed by atoms with Gasteiger partial charge in [0.15, 0.2) is 4.80 Å². The van der Waals surface area contributed by atoms with E-state index in [1.807, 2.05) is 16.7 Å². The molecular weight excluding hydrogens is 540 g/mol. The first-order chi connectivity index (χ1) is 17.7. The standard InChI is InChI=1S/C24H27ClN4O6S2/c1-3-35-24(31)27-10-12-28(13-11-27)37(32,33)19-7-4-17(5-8-19)22(30)26-23-29(14-15-34-2)20-9-6-18(25)16-21(20)36-23/h4-9,16H,3,10-15H2,1-2H3. The molecule has 1 aliphatic rings. The van der Waals surface area contributed by atoms with Gasteiger partial charge in [0.05, 0.1) is 28.3 Å². The van der Waals surface area contributed by atoms with Crippen LogP contribution in [0.25, 0.3) is 10.2 Å². The van der Waals surface area contributed by atoms with Crippen LogP contribution in [0.4, 0.5) is 4.79 Å². The van der Waals surface area contributed by atoms with Crippen molar-refractivity contribution in [2.45, 2.75) is 18.4 Å². The minimum atomic E-state index is -3.78. The lowest BCUT2D eigenvalue weighted by atomic mass is 10.2. The van der Waals surface area contributed by atoms with E-state index in [0.717, 1.165) is 10.2 Å². The summed E-state index contributed by atoms with van der Waals surface area (Å²) in [6, 6.07) is 11.2. The second-order valence-corrected chi connectivity index (χ2v) is 11.6. The van der Waals surface area contributed by atoms with E-state index in [1.54, 1.807) is 20.1 Å². The maximum absolute atomic E-state index is 13.1. The third-order valence-electron chi connectivity index (χ3n) is 5.86. The zero-order valence-electron chi connectivity index (χ0n) is 20.4. The number of fused-ring (bicyclic) bond motifs is 1. The van der Waals surface area contributed by atoms with Gasteiger partial charge in [-0.15, -0.1) is 0 Å². The van der Waals surface area contributed by atoms with Crippen molar-refractivity contribution >= 4 is 55.2 Å². The van der Waals surface area contributed by atoms with E-state index < -0.39 is 22.0 Å². The van der Waals surface area contributed by atoms with Crippen LogP contribution >= 0.6 is 22.9 Å². The maximum atomic E-state index is 13.1. The highest BCUT2D eigenvalue weighted by molar-refractivity contribution is 7.89. The molecule has 2 heterocycles. The van der Waals surface area contributed by atoms with Gasteiger partial charge in [0.1, 0.15) is 0 Å². The molecule has 1 fully saturated rings. The van der Waals surface area contributed by atoms with Gasteiger partial charge in [-0.1, -0.05) is 22.9 Å². The summed E-state index contributed by atoms with van der Waals surface area (Å²) in [5, 5.41) is 0.588. The second kappa shape index (κ2) is 11.7. The van der Waals surface area contributed by atoms with E-state index >= 15 is 0 Å². The van der Waals surface area contributed by atoms with Gasteiger partial charge in [-0.25, -0.2) is 13.2 Å². The minimum absolute atomic E-state index is 0.0697. The number of hydrogen-bond donors (Lipinski definition) is 0. The molecule has 3 aromatic rings. The lowest BCUT2D eigenvalue weighted by molar-refractivity contribution is 0.0933. The Morgan fingerprint density at radius 1 is 1.08 bits per heavy atom. The molecule has 0 N–H and O–H groups in total. The monoisotopic (exact) mass is 566 g/mol. The van der Waals surface area contributed by atoms with Gasteiger partial charge < -0.3 is 18.9 Å². The first-order valence-electron chi connectivity index (χ1n) is 11.6. The van der Waals surface area contributed by atoms with E-state index in [2.05, 4.69) is 4.99 Å². The summed E-state index contributed by atoms with van der Waals surface area (Å²) in [4.78, 5) is 31.2. The van der Waals surface area contributed by atoms with Crippen LogP contribution in [0.5, 0.6) is 0 Å². The first kappa shape index (κ1) is 27.3. The van der Waals surface area contributed by atoms with Gasteiger partial charge in [0.25, 0.3) is 5.91 Å². The smallest absolute Gasteiger partial charge is 0.409 e. The second-order valence-electron chi connectivity index (χ2n) is 8.17. The Kier molecular flexibility index (Phi) is 8.65. The fourth-order valence-electron chi connectivity index (χ4n) is 3.93. The van der Waals surface area contributed by atoms with Gasteiger partial charge >= 0.3 is 6.09 Å². The highest BCUT2D eigenvalue weighted by atomic mass is 35.5. The van der Waals surface area contributed by atoms with Gasteiger partial charge in [-0.05, 0) is 49.4 Å². The molecule has 0 unspecified atom stereocenters. The molecule has 0 atom stereocenters. The molecular formula is C24H27ClN4O6S2. The zero-order chi connectivity index (χ0) is 26.6. The lowest BCUT2D eigenvalue weighted by Crippen LogP contribution is -2.50. The predicted molar refractivity (Wildman–Crippen MR) is 140 cm³/mol. The third-order valence-corrected chi connectivity index (χ3v) is 9.05. The molecule has 0 saturated carbocycles. The summed E-state index contributed by atoms with van der Waals surface area (Å²) in [5.41, 5.74) is 1.15. The number of amides is 2. The van der Waals surface area contributed by atoms with Crippen molar-refractivity contribution in [2.24, 2.45) is 4.99 Å². The molecule has 0 radical (unpaired) electrons. The Labute approximate surface area is 223 Å². The molecule has 13 heteroatoms. The number of hydrogen-bond acceptors (Lipinski definition) is 7. The largest absolute Gasteiger partial charge is 0.450 e. The molecule has 2 aromatic carbocycles. The van der Waals surface area contributed by atoms with Crippen LogP contribution in [0.1, 0.15) is 17.3 Å². The average molecular weight is 567 g/mol. The number of rotatable bonds is 7. The van der Waals surface area contributed by atoms with Crippen molar-refractivity contribution in [1.29, 1.82) is 0 Å². The quantitative estimate of drug-likeness (QED) is 0.434. The number of aromatic nitrogens is 1. The van der Waals surface area contributed by atoms with Crippen molar-refractivity contribution in [3.63, 3.8) is 0 Å². The van der Waals surface area contributed by atoms with E-state index in [0.29, 0.717) is 23.0 Å². The van der Waals surface area contributed by atoms with Crippen molar-refractivity contribution in [2.75, 3.05) is 46.5 Å². The third kappa shape index (κ3) is 6.04. The zero-order valence-corrected chi connectivity index (χ0v) is 22.8. The topological polar surface area (TPSA) is 111 Å². The number of thiazole rings is 1. The molecule has 0 aliphatic carbocycles. The minimum Gasteiger partial charge on any atom is -0.450 e. The number of benzene rings is 2. The van der Waals surface area contributed by atoms with Gasteiger partial charge in [-0.2, -0.15) is 9.30 Å². The molecule has 0 bridgehead atoms. The number of halogens is 1. The van der Waals surface area contributed by atoms with Gasteiger partial charge in [0.2, 0.25) is 10.0 Å². The van der Waals surface area contributed by atoms with Crippen LogP contribution in [0.15, 0.2) is 52.4 Å². The van der Waals surface area contributed by atoms with Crippen molar-refractivity contribution in [3.05, 3.63) is 57.9 Å². The normalized spacial score (nSPS) is 15.3. The Morgan fingerprint density at radius 2 is 1.78 bits per heavy atom. The molecule has 198 valence electrons. The Hall–Kier alpha value is -2.77. The van der Waals surface area contributed by atoms with Crippen LogP contribution in [0.3, 0.4) is 0 Å². The van der Waals surface area contributed by atoms with Crippen molar-refractivity contribution in [1.82, 2.24) is 13.8 Å². The Bertz CT molecular complexity index is 1460. The highest BCUT2D eigenvalue weighted by Gasteiger charge is 2.30. The fraction of sp³-hybridized carbons (Fsp3) is 0.375. The van der Waals surface area contributed by atoms with Crippen LogP contribution in [-0.2, 0) is 26.0 Å². The van der Waals surface area contributed by atoms with Crippen LogP contribution < -0.4 is 4.80 Å². The molecule has 1 aromatic heterocycles. The number of nitrogens with zero attached hydrogens (tertiary/aromatic N) is 4. The van der Waals surface area contributed by atoms with Gasteiger partial charge in [0, 0.05) is 50.4 Å². The Balaban J connectivity index is 1.53. The summed E-state index contributed by atoms with van der Waals surface area (Å²) in [6.07, 6.45) is -0.448. The predicted octanol–water partition coefficient (Wildman–Crippen LogP) is 3.21. The summed E-state index contributed by atoms with van der Waals surface area (Å²) < 4.78 is 40.5. The lowest BCUT2D eigenvalue weighted by Gasteiger charge is -2.33. The van der Waals surface area contributed by atoms with Crippen LogP contribution in [-0.4, -0.2) is 80.7 Å². The van der Waals surface area contributed by atoms with Crippen molar-refractivity contribution in [3.8, 4) is 0 Å². The molecule has 10 nitrogen and oxygen atoms in total. The van der Waals surface area contributed by atoms with Gasteiger partial charge in [-0.3, -0.25) is 4.79 Å². The van der Waals surface area contributed by atoms with Crippen LogP contribution in [0, 0.1) is 0 Å². The summed E-state index contributed by atoms with van der Waals surface area (Å²) in [5.74, 6) is -0.490. The molecule has 37 heavy (non-hydrogen) atoms. The molecule has 1 aliphatic heterocycles. The number of sulfonamides is 1. The van der Waals surface area contributed by atoms with E-state index in [9.17, 15) is 18.0 Å². The SMILES string of the molecule is CCOC(=O)N1CCN(S(=O)(=O)c2ccc(C(=O)N=c3sc4cc(Cl)ccc4n3CCOC)cc2)CC1. The van der Waals surface area contributed by atoms with E-state index in [-0.39, 0.29) is 43.2 Å². The fourth-order valence-corrected chi connectivity index (χ4v) is 6.68. The average Bonchev–Trinajstić information content (AvgIpc) is 3.23. The van der Waals surface area contributed by atoms with E-state index in [1.165, 1.54) is 44.8 Å². The number of methoxy groups -OCH3 is 1. The van der Waals surface area contributed by atoms with E-state index in [4.69, 9.17) is 21.1 Å². The molecule has 1 saturated heterocycles. The van der Waals surface area contributed by atoms with Crippen LogP contribution in [0.2, 0.25) is 5.02 Å². The number of piperazine rings is 1. The summed E-state index contributed by atoms with van der Waals surface area (Å²) in [7, 11) is -2.18. The first-order valence-corrected chi connectivity index (χ1v) is 14.3. The van der Waals surface area contributed by atoms with Crippen molar-refractivity contribution < 1.29 is 27.5 Å². The number of carbonyl (C=O) groups excluding carboxylic acids is 2. The maximum Gasteiger partial charge on any atom is 0.409 e.